The number of aliphatic imine (C=N–C) groups is 1. The number of thioether (sulfide) groups is 1. The first-order valence-electron chi connectivity index (χ1n) is 7.87. The van der Waals surface area contributed by atoms with Crippen LogP contribution in [0.15, 0.2) is 52.4 Å². The van der Waals surface area contributed by atoms with Gasteiger partial charge in [-0.25, -0.2) is 0 Å². The van der Waals surface area contributed by atoms with Crippen LogP contribution in [0.5, 0.6) is 5.75 Å². The van der Waals surface area contributed by atoms with Gasteiger partial charge in [-0.05, 0) is 48.1 Å². The molecule has 0 aliphatic heterocycles. The second-order valence-corrected chi connectivity index (χ2v) is 6.29. The Morgan fingerprint density at radius 1 is 1.08 bits per heavy atom. The number of ether oxygens (including phenoxy) is 1. The van der Waals surface area contributed by atoms with Gasteiger partial charge >= 0.3 is 0 Å². The third-order valence-electron chi connectivity index (χ3n) is 3.73. The van der Waals surface area contributed by atoms with Crippen molar-refractivity contribution in [2.45, 2.75) is 24.9 Å². The normalized spacial score (nSPS) is 11.2. The van der Waals surface area contributed by atoms with E-state index in [1.165, 1.54) is 21.6 Å². The largest absolute Gasteiger partial charge is 0.497 e. The minimum absolute atomic E-state index is 0.715. The average molecular weight is 343 g/mol. The molecule has 0 unspecified atom stereocenters. The molecule has 24 heavy (non-hydrogen) atoms. The van der Waals surface area contributed by atoms with Gasteiger partial charge in [0.15, 0.2) is 5.96 Å². The lowest BCUT2D eigenvalue weighted by Gasteiger charge is -2.14. The molecule has 0 spiro atoms. The Balaban J connectivity index is 1.90. The predicted molar refractivity (Wildman–Crippen MR) is 103 cm³/mol. The molecule has 0 radical (unpaired) electrons. The van der Waals surface area contributed by atoms with Crippen LogP contribution in [0.2, 0.25) is 0 Å². The minimum atomic E-state index is 0.715. The molecule has 0 fully saturated rings. The van der Waals surface area contributed by atoms with Crippen LogP contribution in [-0.4, -0.2) is 26.4 Å². The topological polar surface area (TPSA) is 45.7 Å². The molecule has 2 aromatic rings. The number of hydrogen-bond acceptors (Lipinski definition) is 3. The van der Waals surface area contributed by atoms with Crippen LogP contribution in [0.1, 0.15) is 16.7 Å². The van der Waals surface area contributed by atoms with Gasteiger partial charge in [0.2, 0.25) is 0 Å². The first-order valence-corrected chi connectivity index (χ1v) is 9.09. The molecule has 0 heterocycles. The molecule has 0 atom stereocenters. The number of guanidine groups is 1. The summed E-state index contributed by atoms with van der Waals surface area (Å²) in [4.78, 5) is 5.59. The SMILES string of the molecule is CN=C(NCc1ccc(OC)cc1)NCc1ccc(C)cc1SC. The van der Waals surface area contributed by atoms with Crippen LogP contribution < -0.4 is 15.4 Å². The molecule has 4 nitrogen and oxygen atoms in total. The maximum Gasteiger partial charge on any atom is 0.191 e. The van der Waals surface area contributed by atoms with E-state index in [1.807, 2.05) is 24.3 Å². The average Bonchev–Trinajstić information content (AvgIpc) is 2.63. The monoisotopic (exact) mass is 343 g/mol. The fourth-order valence-electron chi connectivity index (χ4n) is 2.33. The van der Waals surface area contributed by atoms with Gasteiger partial charge in [-0.2, -0.15) is 0 Å². The van der Waals surface area contributed by atoms with Crippen LogP contribution in [0.3, 0.4) is 0 Å². The van der Waals surface area contributed by atoms with E-state index in [1.54, 1.807) is 25.9 Å². The van der Waals surface area contributed by atoms with Crippen LogP contribution >= 0.6 is 11.8 Å². The molecule has 0 amide bonds. The first-order chi connectivity index (χ1) is 11.7. The van der Waals surface area contributed by atoms with E-state index in [9.17, 15) is 0 Å². The Kier molecular flexibility index (Phi) is 7.00. The van der Waals surface area contributed by atoms with E-state index in [0.717, 1.165) is 18.3 Å². The number of hydrogen-bond donors (Lipinski definition) is 2. The molecular formula is C19H25N3OS. The zero-order valence-electron chi connectivity index (χ0n) is 14.7. The summed E-state index contributed by atoms with van der Waals surface area (Å²) in [5.74, 6) is 1.66. The summed E-state index contributed by atoms with van der Waals surface area (Å²) in [5, 5.41) is 6.71. The van der Waals surface area contributed by atoms with Gasteiger partial charge < -0.3 is 15.4 Å². The summed E-state index contributed by atoms with van der Waals surface area (Å²) in [6.45, 7) is 3.58. The van der Waals surface area contributed by atoms with Crippen LogP contribution in [0, 0.1) is 6.92 Å². The summed E-state index contributed by atoms with van der Waals surface area (Å²) in [6, 6.07) is 14.6. The van der Waals surface area contributed by atoms with Crippen molar-refractivity contribution in [2.24, 2.45) is 4.99 Å². The number of nitrogens with one attached hydrogen (secondary N) is 2. The molecule has 128 valence electrons. The smallest absolute Gasteiger partial charge is 0.191 e. The molecule has 5 heteroatoms. The number of methoxy groups -OCH3 is 1. The number of benzene rings is 2. The number of aryl methyl sites for hydroxylation is 1. The lowest BCUT2D eigenvalue weighted by Crippen LogP contribution is -2.36. The minimum Gasteiger partial charge on any atom is -0.497 e. The summed E-state index contributed by atoms with van der Waals surface area (Å²) < 4.78 is 5.18. The highest BCUT2D eigenvalue weighted by atomic mass is 32.2. The molecule has 2 aromatic carbocycles. The molecule has 0 aromatic heterocycles. The van der Waals surface area contributed by atoms with E-state index in [2.05, 4.69) is 47.0 Å². The van der Waals surface area contributed by atoms with E-state index >= 15 is 0 Å². The van der Waals surface area contributed by atoms with Gasteiger partial charge in [0.25, 0.3) is 0 Å². The highest BCUT2D eigenvalue weighted by Gasteiger charge is 2.04. The van der Waals surface area contributed by atoms with Crippen LogP contribution in [-0.2, 0) is 13.1 Å². The van der Waals surface area contributed by atoms with E-state index in [4.69, 9.17) is 4.74 Å². The van der Waals surface area contributed by atoms with Crippen molar-refractivity contribution in [1.82, 2.24) is 10.6 Å². The van der Waals surface area contributed by atoms with E-state index < -0.39 is 0 Å². The Hall–Kier alpha value is -2.14. The fraction of sp³-hybridized carbons (Fsp3) is 0.316. The van der Waals surface area contributed by atoms with Crippen molar-refractivity contribution in [3.8, 4) is 5.75 Å². The Morgan fingerprint density at radius 3 is 2.42 bits per heavy atom. The molecule has 0 aliphatic carbocycles. The van der Waals surface area contributed by atoms with Crippen LogP contribution in [0.25, 0.3) is 0 Å². The summed E-state index contributed by atoms with van der Waals surface area (Å²) >= 11 is 1.77. The zero-order valence-corrected chi connectivity index (χ0v) is 15.5. The lowest BCUT2D eigenvalue weighted by molar-refractivity contribution is 0.414. The molecule has 0 bridgehead atoms. The Bertz CT molecular complexity index is 684. The van der Waals surface area contributed by atoms with E-state index in [0.29, 0.717) is 6.54 Å². The van der Waals surface area contributed by atoms with E-state index in [-0.39, 0.29) is 0 Å². The van der Waals surface area contributed by atoms with Crippen molar-refractivity contribution >= 4 is 17.7 Å². The Labute approximate surface area is 148 Å². The summed E-state index contributed by atoms with van der Waals surface area (Å²) in [6.07, 6.45) is 2.11. The van der Waals surface area contributed by atoms with Crippen molar-refractivity contribution in [3.63, 3.8) is 0 Å². The fourth-order valence-corrected chi connectivity index (χ4v) is 3.03. The van der Waals surface area contributed by atoms with Crippen LogP contribution in [0.4, 0.5) is 0 Å². The van der Waals surface area contributed by atoms with Crippen molar-refractivity contribution in [2.75, 3.05) is 20.4 Å². The highest BCUT2D eigenvalue weighted by molar-refractivity contribution is 7.98. The second kappa shape index (κ2) is 9.23. The Morgan fingerprint density at radius 2 is 1.79 bits per heavy atom. The third kappa shape index (κ3) is 5.20. The van der Waals surface area contributed by atoms with Gasteiger partial charge in [0.05, 0.1) is 7.11 Å². The molecule has 2 rings (SSSR count). The predicted octanol–water partition coefficient (Wildman–Crippen LogP) is 3.59. The number of nitrogens with zero attached hydrogens (tertiary/aromatic N) is 1. The lowest BCUT2D eigenvalue weighted by atomic mass is 10.1. The maximum absolute atomic E-state index is 5.18. The first kappa shape index (κ1) is 18.2. The molecule has 0 aliphatic rings. The third-order valence-corrected chi connectivity index (χ3v) is 4.55. The van der Waals surface area contributed by atoms with Gasteiger partial charge in [-0.3, -0.25) is 4.99 Å². The molecule has 2 N–H and O–H groups in total. The van der Waals surface area contributed by atoms with Crippen molar-refractivity contribution in [3.05, 3.63) is 59.2 Å². The molecular weight excluding hydrogens is 318 g/mol. The second-order valence-electron chi connectivity index (χ2n) is 5.44. The highest BCUT2D eigenvalue weighted by Crippen LogP contribution is 2.21. The maximum atomic E-state index is 5.18. The summed E-state index contributed by atoms with van der Waals surface area (Å²) in [5.41, 5.74) is 3.74. The number of rotatable bonds is 6. The van der Waals surface area contributed by atoms with Gasteiger partial charge in [0, 0.05) is 25.0 Å². The van der Waals surface area contributed by atoms with Gasteiger partial charge in [-0.1, -0.05) is 24.3 Å². The van der Waals surface area contributed by atoms with Gasteiger partial charge in [0.1, 0.15) is 5.75 Å². The van der Waals surface area contributed by atoms with Gasteiger partial charge in [-0.15, -0.1) is 11.8 Å². The molecule has 0 saturated heterocycles. The van der Waals surface area contributed by atoms with Crippen molar-refractivity contribution < 1.29 is 4.74 Å². The standard InChI is InChI=1S/C19H25N3OS/c1-14-5-8-16(18(11-14)24-4)13-22-19(20-2)21-12-15-6-9-17(23-3)10-7-15/h5-11H,12-13H2,1-4H3,(H2,20,21,22). The summed E-state index contributed by atoms with van der Waals surface area (Å²) in [7, 11) is 3.46. The molecule has 0 saturated carbocycles. The van der Waals surface area contributed by atoms with Crippen molar-refractivity contribution in [1.29, 1.82) is 0 Å². The quantitative estimate of drug-likeness (QED) is 0.478. The zero-order chi connectivity index (χ0) is 17.4.